The van der Waals surface area contributed by atoms with Crippen LogP contribution in [0.25, 0.3) is 0 Å². The van der Waals surface area contributed by atoms with Crippen LogP contribution < -0.4 is 0 Å². The highest BCUT2D eigenvalue weighted by molar-refractivity contribution is 5.13. The third-order valence-electron chi connectivity index (χ3n) is 3.49. The van der Waals surface area contributed by atoms with Crippen LogP contribution in [0.15, 0.2) is 18.5 Å². The van der Waals surface area contributed by atoms with Crippen molar-refractivity contribution in [2.45, 2.75) is 77.9 Å². The zero-order chi connectivity index (χ0) is 13.2. The van der Waals surface area contributed by atoms with E-state index >= 15 is 0 Å². The van der Waals surface area contributed by atoms with Crippen LogP contribution in [0.5, 0.6) is 0 Å². The monoisotopic (exact) mass is 251 g/mol. The van der Waals surface area contributed by atoms with Crippen molar-refractivity contribution in [1.82, 2.24) is 4.57 Å². The van der Waals surface area contributed by atoms with E-state index in [0.717, 1.165) is 24.9 Å². The molecule has 0 radical (unpaired) electrons. The molecular weight excluding hydrogens is 222 g/mol. The van der Waals surface area contributed by atoms with Gasteiger partial charge in [-0.15, -0.1) is 0 Å². The Hall–Kier alpha value is -0.760. The molecule has 1 N–H and O–H groups in total. The first kappa shape index (κ1) is 15.3. The molecule has 0 saturated carbocycles. The third kappa shape index (κ3) is 5.72. The quantitative estimate of drug-likeness (QED) is 0.600. The summed E-state index contributed by atoms with van der Waals surface area (Å²) < 4.78 is 2.22. The average Bonchev–Trinajstić information content (AvgIpc) is 2.83. The molecule has 0 spiro atoms. The van der Waals surface area contributed by atoms with Crippen LogP contribution in [0, 0.1) is 0 Å². The van der Waals surface area contributed by atoms with Gasteiger partial charge < -0.3 is 9.67 Å². The standard InChI is InChI=1S/C16H29NO/c1-3-5-6-7-8-9-12-17-13-11-15(14-17)16(18)10-4-2/h11,13-14,16,18H,3-10,12H2,1-2H3. The van der Waals surface area contributed by atoms with Gasteiger partial charge in [0.15, 0.2) is 0 Å². The number of aliphatic hydroxyl groups is 1. The van der Waals surface area contributed by atoms with Gasteiger partial charge in [-0.05, 0) is 24.5 Å². The van der Waals surface area contributed by atoms with E-state index in [2.05, 4.69) is 36.9 Å². The molecule has 1 aromatic rings. The molecule has 2 heteroatoms. The summed E-state index contributed by atoms with van der Waals surface area (Å²) in [5.41, 5.74) is 1.07. The largest absolute Gasteiger partial charge is 0.388 e. The van der Waals surface area contributed by atoms with Crippen molar-refractivity contribution in [3.8, 4) is 0 Å². The first-order valence-electron chi connectivity index (χ1n) is 7.61. The van der Waals surface area contributed by atoms with Gasteiger partial charge in [0.05, 0.1) is 6.10 Å². The molecule has 0 bridgehead atoms. The minimum atomic E-state index is -0.277. The van der Waals surface area contributed by atoms with Gasteiger partial charge in [0, 0.05) is 18.9 Å². The predicted octanol–water partition coefficient (Wildman–Crippen LogP) is 4.68. The number of rotatable bonds is 10. The Morgan fingerprint density at radius 2 is 1.78 bits per heavy atom. The van der Waals surface area contributed by atoms with Crippen LogP contribution in [-0.2, 0) is 6.54 Å². The SMILES string of the molecule is CCCCCCCCn1ccc(C(O)CCC)c1. The molecule has 0 aliphatic heterocycles. The summed E-state index contributed by atoms with van der Waals surface area (Å²) in [4.78, 5) is 0. The lowest BCUT2D eigenvalue weighted by Crippen LogP contribution is -1.97. The maximum absolute atomic E-state index is 9.89. The van der Waals surface area contributed by atoms with Crippen LogP contribution in [0.2, 0.25) is 0 Å². The second kappa shape index (κ2) is 9.21. The molecule has 0 aliphatic rings. The van der Waals surface area contributed by atoms with E-state index in [9.17, 15) is 5.11 Å². The summed E-state index contributed by atoms with van der Waals surface area (Å²) in [5, 5.41) is 9.89. The first-order valence-corrected chi connectivity index (χ1v) is 7.61. The van der Waals surface area contributed by atoms with Gasteiger partial charge in [-0.3, -0.25) is 0 Å². The fraction of sp³-hybridized carbons (Fsp3) is 0.750. The van der Waals surface area contributed by atoms with Gasteiger partial charge in [-0.1, -0.05) is 52.4 Å². The van der Waals surface area contributed by atoms with Gasteiger partial charge in [0.1, 0.15) is 0 Å². The van der Waals surface area contributed by atoms with Gasteiger partial charge >= 0.3 is 0 Å². The van der Waals surface area contributed by atoms with E-state index in [4.69, 9.17) is 0 Å². The molecule has 0 amide bonds. The number of hydrogen-bond donors (Lipinski definition) is 1. The predicted molar refractivity (Wildman–Crippen MR) is 77.7 cm³/mol. The van der Waals surface area contributed by atoms with E-state index in [1.807, 2.05) is 0 Å². The highest BCUT2D eigenvalue weighted by Gasteiger charge is 2.07. The molecular formula is C16H29NO. The Morgan fingerprint density at radius 1 is 1.06 bits per heavy atom. The summed E-state index contributed by atoms with van der Waals surface area (Å²) in [5.74, 6) is 0. The van der Waals surface area contributed by atoms with Crippen molar-refractivity contribution in [3.05, 3.63) is 24.0 Å². The minimum Gasteiger partial charge on any atom is -0.388 e. The Morgan fingerprint density at radius 3 is 2.50 bits per heavy atom. The second-order valence-electron chi connectivity index (χ2n) is 5.25. The third-order valence-corrected chi connectivity index (χ3v) is 3.49. The van der Waals surface area contributed by atoms with Crippen molar-refractivity contribution >= 4 is 0 Å². The number of hydrogen-bond acceptors (Lipinski definition) is 1. The highest BCUT2D eigenvalue weighted by Crippen LogP contribution is 2.18. The zero-order valence-electron chi connectivity index (χ0n) is 12.1. The van der Waals surface area contributed by atoms with Crippen LogP contribution >= 0.6 is 0 Å². The topological polar surface area (TPSA) is 25.2 Å². The maximum Gasteiger partial charge on any atom is 0.0804 e. The van der Waals surface area contributed by atoms with Crippen LogP contribution in [0.3, 0.4) is 0 Å². The summed E-state index contributed by atoms with van der Waals surface area (Å²) in [7, 11) is 0. The smallest absolute Gasteiger partial charge is 0.0804 e. The number of aliphatic hydroxyl groups excluding tert-OH is 1. The van der Waals surface area contributed by atoms with E-state index in [1.54, 1.807) is 0 Å². The van der Waals surface area contributed by atoms with Gasteiger partial charge in [0.25, 0.3) is 0 Å². The number of unbranched alkanes of at least 4 members (excludes halogenated alkanes) is 5. The Balaban J connectivity index is 2.19. The van der Waals surface area contributed by atoms with Gasteiger partial charge in [-0.2, -0.15) is 0 Å². The van der Waals surface area contributed by atoms with Crippen molar-refractivity contribution in [2.24, 2.45) is 0 Å². The Kier molecular flexibility index (Phi) is 7.83. The van der Waals surface area contributed by atoms with Crippen molar-refractivity contribution in [3.63, 3.8) is 0 Å². The number of aromatic nitrogens is 1. The number of aryl methyl sites for hydroxylation is 1. The fourth-order valence-corrected chi connectivity index (χ4v) is 2.31. The lowest BCUT2D eigenvalue weighted by molar-refractivity contribution is 0.166. The molecule has 1 atom stereocenters. The first-order chi connectivity index (χ1) is 8.77. The van der Waals surface area contributed by atoms with Crippen LogP contribution in [-0.4, -0.2) is 9.67 Å². The van der Waals surface area contributed by atoms with Crippen molar-refractivity contribution in [2.75, 3.05) is 0 Å². The normalized spacial score (nSPS) is 12.8. The van der Waals surface area contributed by atoms with Gasteiger partial charge in [0.2, 0.25) is 0 Å². The molecule has 0 aromatic carbocycles. The molecule has 1 rings (SSSR count). The van der Waals surface area contributed by atoms with E-state index in [-0.39, 0.29) is 6.10 Å². The fourth-order valence-electron chi connectivity index (χ4n) is 2.31. The highest BCUT2D eigenvalue weighted by atomic mass is 16.3. The Bertz CT molecular complexity index is 306. The molecule has 0 aliphatic carbocycles. The van der Waals surface area contributed by atoms with E-state index in [1.165, 1.54) is 38.5 Å². The van der Waals surface area contributed by atoms with Crippen molar-refractivity contribution in [1.29, 1.82) is 0 Å². The average molecular weight is 251 g/mol. The molecule has 1 heterocycles. The molecule has 0 fully saturated rings. The van der Waals surface area contributed by atoms with E-state index < -0.39 is 0 Å². The lowest BCUT2D eigenvalue weighted by atomic mass is 10.1. The molecule has 1 aromatic heterocycles. The van der Waals surface area contributed by atoms with Crippen molar-refractivity contribution < 1.29 is 5.11 Å². The molecule has 104 valence electrons. The molecule has 18 heavy (non-hydrogen) atoms. The van der Waals surface area contributed by atoms with E-state index in [0.29, 0.717) is 0 Å². The summed E-state index contributed by atoms with van der Waals surface area (Å²) in [6, 6.07) is 2.05. The summed E-state index contributed by atoms with van der Waals surface area (Å²) in [6.07, 6.45) is 13.8. The van der Waals surface area contributed by atoms with Crippen LogP contribution in [0.4, 0.5) is 0 Å². The van der Waals surface area contributed by atoms with Crippen LogP contribution in [0.1, 0.15) is 76.9 Å². The van der Waals surface area contributed by atoms with Gasteiger partial charge in [-0.25, -0.2) is 0 Å². The molecule has 1 unspecified atom stereocenters. The minimum absolute atomic E-state index is 0.277. The Labute approximate surface area is 112 Å². The molecule has 2 nitrogen and oxygen atoms in total. The number of nitrogens with zero attached hydrogens (tertiary/aromatic N) is 1. The zero-order valence-corrected chi connectivity index (χ0v) is 12.1. The maximum atomic E-state index is 9.89. The molecule has 0 saturated heterocycles. The summed E-state index contributed by atoms with van der Waals surface area (Å²) in [6.45, 7) is 5.45. The lowest BCUT2D eigenvalue weighted by Gasteiger charge is -2.06. The summed E-state index contributed by atoms with van der Waals surface area (Å²) >= 11 is 0. The second-order valence-corrected chi connectivity index (χ2v) is 5.25.